The number of hydrogen-bond acceptors (Lipinski definition) is 3. The molecule has 0 atom stereocenters. The third-order valence-electron chi connectivity index (χ3n) is 2.85. The van der Waals surface area contributed by atoms with Crippen LogP contribution >= 0.6 is 11.6 Å². The average Bonchev–Trinajstić information content (AvgIpc) is 2.54. The summed E-state index contributed by atoms with van der Waals surface area (Å²) in [7, 11) is 3.75. The SMILES string of the molecule is C=C(Oc1ccc(C(F)(F)F)cc1)C(=O)c1ccc(Cl)cc1F.CNC. The molecule has 140 valence electrons. The fraction of sp³-hybridized carbons (Fsp3) is 0.167. The van der Waals surface area contributed by atoms with E-state index in [4.69, 9.17) is 16.3 Å². The number of rotatable bonds is 4. The van der Waals surface area contributed by atoms with E-state index >= 15 is 0 Å². The lowest BCUT2D eigenvalue weighted by Gasteiger charge is -2.10. The lowest BCUT2D eigenvalue weighted by Crippen LogP contribution is -2.10. The monoisotopic (exact) mass is 389 g/mol. The number of halogens is 5. The first-order valence-corrected chi connectivity index (χ1v) is 7.60. The molecule has 2 aromatic carbocycles. The molecular weight excluding hydrogens is 374 g/mol. The average molecular weight is 390 g/mol. The molecule has 0 saturated heterocycles. The van der Waals surface area contributed by atoms with E-state index in [-0.39, 0.29) is 16.3 Å². The van der Waals surface area contributed by atoms with Gasteiger partial charge in [0.05, 0.1) is 11.1 Å². The van der Waals surface area contributed by atoms with Crippen molar-refractivity contribution in [1.29, 1.82) is 0 Å². The molecule has 0 unspecified atom stereocenters. The molecule has 0 aliphatic rings. The lowest BCUT2D eigenvalue weighted by molar-refractivity contribution is -0.137. The van der Waals surface area contributed by atoms with Gasteiger partial charge in [-0.05, 0) is 56.6 Å². The van der Waals surface area contributed by atoms with Crippen molar-refractivity contribution in [3.05, 3.63) is 76.8 Å². The normalized spacial score (nSPS) is 10.6. The first-order valence-electron chi connectivity index (χ1n) is 7.22. The number of hydrogen-bond donors (Lipinski definition) is 1. The van der Waals surface area contributed by atoms with Gasteiger partial charge in [0, 0.05) is 5.02 Å². The molecule has 0 spiro atoms. The van der Waals surface area contributed by atoms with E-state index in [0.717, 1.165) is 30.3 Å². The minimum absolute atomic E-state index is 0.0225. The molecule has 0 heterocycles. The van der Waals surface area contributed by atoms with Crippen LogP contribution in [0.2, 0.25) is 5.02 Å². The molecule has 0 saturated carbocycles. The Morgan fingerprint density at radius 1 is 1.12 bits per heavy atom. The second-order valence-electron chi connectivity index (χ2n) is 5.00. The highest BCUT2D eigenvalue weighted by atomic mass is 35.5. The van der Waals surface area contributed by atoms with Crippen molar-refractivity contribution in [2.45, 2.75) is 6.18 Å². The van der Waals surface area contributed by atoms with Crippen LogP contribution in [-0.2, 0) is 6.18 Å². The number of alkyl halides is 3. The second kappa shape index (κ2) is 9.35. The zero-order valence-corrected chi connectivity index (χ0v) is 14.7. The maximum absolute atomic E-state index is 13.7. The van der Waals surface area contributed by atoms with Gasteiger partial charge in [-0.15, -0.1) is 0 Å². The number of allylic oxidation sites excluding steroid dienone is 1. The van der Waals surface area contributed by atoms with Crippen LogP contribution in [0.3, 0.4) is 0 Å². The van der Waals surface area contributed by atoms with Gasteiger partial charge in [-0.3, -0.25) is 4.79 Å². The van der Waals surface area contributed by atoms with E-state index in [1.165, 1.54) is 12.1 Å². The van der Waals surface area contributed by atoms with E-state index in [1.807, 2.05) is 14.1 Å². The van der Waals surface area contributed by atoms with Gasteiger partial charge in [-0.25, -0.2) is 4.39 Å². The molecule has 1 N–H and O–H groups in total. The molecule has 0 aromatic heterocycles. The van der Waals surface area contributed by atoms with Crippen molar-refractivity contribution in [2.24, 2.45) is 0 Å². The van der Waals surface area contributed by atoms with Crippen LogP contribution in [0.25, 0.3) is 0 Å². The molecule has 3 nitrogen and oxygen atoms in total. The third-order valence-corrected chi connectivity index (χ3v) is 3.09. The number of ketones is 1. The molecule has 0 aliphatic heterocycles. The van der Waals surface area contributed by atoms with E-state index in [2.05, 4.69) is 11.9 Å². The largest absolute Gasteiger partial charge is 0.454 e. The zero-order valence-electron chi connectivity index (χ0n) is 14.0. The van der Waals surface area contributed by atoms with Gasteiger partial charge in [0.2, 0.25) is 5.78 Å². The van der Waals surface area contributed by atoms with Crippen LogP contribution in [0, 0.1) is 5.82 Å². The van der Waals surface area contributed by atoms with E-state index < -0.39 is 29.1 Å². The molecular formula is C18H16ClF4NO2. The van der Waals surface area contributed by atoms with Crippen LogP contribution in [0.15, 0.2) is 54.8 Å². The second-order valence-corrected chi connectivity index (χ2v) is 5.44. The van der Waals surface area contributed by atoms with Gasteiger partial charge < -0.3 is 10.1 Å². The van der Waals surface area contributed by atoms with E-state index in [1.54, 1.807) is 0 Å². The predicted molar refractivity (Wildman–Crippen MR) is 91.9 cm³/mol. The van der Waals surface area contributed by atoms with Gasteiger partial charge in [-0.1, -0.05) is 18.2 Å². The minimum atomic E-state index is -4.47. The molecule has 26 heavy (non-hydrogen) atoms. The van der Waals surface area contributed by atoms with E-state index in [9.17, 15) is 22.4 Å². The summed E-state index contributed by atoms with van der Waals surface area (Å²) in [5.74, 6) is -2.13. The van der Waals surface area contributed by atoms with Crippen LogP contribution in [0.4, 0.5) is 17.6 Å². The third kappa shape index (κ3) is 6.16. The number of carbonyl (C=O) groups excluding carboxylic acids is 1. The number of Topliss-reactive ketones (excluding diaryl/α,β-unsaturated/α-hetero) is 1. The van der Waals surface area contributed by atoms with Crippen molar-refractivity contribution in [1.82, 2.24) is 5.32 Å². The number of ether oxygens (including phenoxy) is 1. The lowest BCUT2D eigenvalue weighted by atomic mass is 10.1. The fourth-order valence-electron chi connectivity index (χ4n) is 1.72. The summed E-state index contributed by atoms with van der Waals surface area (Å²) in [6, 6.07) is 7.13. The fourth-order valence-corrected chi connectivity index (χ4v) is 1.88. The summed E-state index contributed by atoms with van der Waals surface area (Å²) in [6.07, 6.45) is -4.47. The van der Waals surface area contributed by atoms with Gasteiger partial charge in [0.15, 0.2) is 5.76 Å². The van der Waals surface area contributed by atoms with Gasteiger partial charge in [0.1, 0.15) is 11.6 Å². The molecule has 2 aromatic rings. The Balaban J connectivity index is 0.00000105. The highest BCUT2D eigenvalue weighted by Crippen LogP contribution is 2.30. The summed E-state index contributed by atoms with van der Waals surface area (Å²) in [4.78, 5) is 12.0. The highest BCUT2D eigenvalue weighted by molar-refractivity contribution is 6.30. The van der Waals surface area contributed by atoms with E-state index in [0.29, 0.717) is 0 Å². The standard InChI is InChI=1S/C16H9ClF4O2.C2H7N/c1-9(15(22)13-7-4-11(17)8-14(13)18)23-12-5-2-10(3-6-12)16(19,20)21;1-3-2/h2-8H,1H2;3H,1-2H3. The summed E-state index contributed by atoms with van der Waals surface area (Å²) in [5, 5.41) is 2.87. The maximum atomic E-state index is 13.7. The maximum Gasteiger partial charge on any atom is 0.416 e. The summed E-state index contributed by atoms with van der Waals surface area (Å²) < 4.78 is 56.1. The quantitative estimate of drug-likeness (QED) is 0.342. The van der Waals surface area contributed by atoms with Gasteiger partial charge in [0.25, 0.3) is 0 Å². The van der Waals surface area contributed by atoms with Crippen molar-refractivity contribution in [2.75, 3.05) is 14.1 Å². The van der Waals surface area contributed by atoms with Crippen molar-refractivity contribution in [3.63, 3.8) is 0 Å². The predicted octanol–water partition coefficient (Wildman–Crippen LogP) is 5.11. The molecule has 0 radical (unpaired) electrons. The smallest absolute Gasteiger partial charge is 0.416 e. The van der Waals surface area contributed by atoms with Crippen molar-refractivity contribution >= 4 is 17.4 Å². The summed E-state index contributed by atoms with van der Waals surface area (Å²) >= 11 is 5.59. The first-order chi connectivity index (χ1) is 12.1. The van der Waals surface area contributed by atoms with Crippen LogP contribution in [0.1, 0.15) is 15.9 Å². The zero-order chi connectivity index (χ0) is 19.9. The Morgan fingerprint density at radius 2 is 1.65 bits per heavy atom. The van der Waals surface area contributed by atoms with Gasteiger partial charge in [-0.2, -0.15) is 13.2 Å². The Morgan fingerprint density at radius 3 is 2.12 bits per heavy atom. The molecule has 8 heteroatoms. The van der Waals surface area contributed by atoms with Gasteiger partial charge >= 0.3 is 6.18 Å². The Hall–Kier alpha value is -2.38. The van der Waals surface area contributed by atoms with Crippen LogP contribution < -0.4 is 10.1 Å². The minimum Gasteiger partial charge on any atom is -0.454 e. The Kier molecular flexibility index (Phi) is 7.79. The molecule has 2 rings (SSSR count). The van der Waals surface area contributed by atoms with Crippen LogP contribution in [-0.4, -0.2) is 19.9 Å². The molecule has 0 aliphatic carbocycles. The summed E-state index contributed by atoms with van der Waals surface area (Å²) in [6.45, 7) is 3.37. The molecule has 0 amide bonds. The Labute approximate surface area is 153 Å². The number of nitrogens with one attached hydrogen (secondary N) is 1. The first kappa shape index (κ1) is 21.7. The number of benzene rings is 2. The molecule has 0 bridgehead atoms. The highest BCUT2D eigenvalue weighted by Gasteiger charge is 2.30. The van der Waals surface area contributed by atoms with Crippen LogP contribution in [0.5, 0.6) is 5.75 Å². The van der Waals surface area contributed by atoms with Crippen molar-refractivity contribution < 1.29 is 27.1 Å². The number of carbonyl (C=O) groups is 1. The van der Waals surface area contributed by atoms with Crippen molar-refractivity contribution in [3.8, 4) is 5.75 Å². The molecule has 0 fully saturated rings. The Bertz CT molecular complexity index is 774. The summed E-state index contributed by atoms with van der Waals surface area (Å²) in [5.41, 5.74) is -1.16. The topological polar surface area (TPSA) is 38.3 Å².